The molecule has 3 amide bonds. The van der Waals surface area contributed by atoms with Gasteiger partial charge in [0.25, 0.3) is 5.91 Å². The summed E-state index contributed by atoms with van der Waals surface area (Å²) >= 11 is 1.42. The molecule has 34 heavy (non-hydrogen) atoms. The normalized spacial score (nSPS) is 18.3. The van der Waals surface area contributed by atoms with Crippen molar-refractivity contribution in [3.8, 4) is 5.75 Å². The number of carbonyl (C=O) groups excluding carboxylic acids is 3. The molecule has 1 saturated carbocycles. The maximum absolute atomic E-state index is 12.8. The summed E-state index contributed by atoms with van der Waals surface area (Å²) in [6.07, 6.45) is 4.61. The molecule has 0 unspecified atom stereocenters. The number of para-hydroxylation sites is 2. The monoisotopic (exact) mass is 478 g/mol. The summed E-state index contributed by atoms with van der Waals surface area (Å²) in [6, 6.07) is 12.6. The van der Waals surface area contributed by atoms with E-state index in [2.05, 4.69) is 15.6 Å². The Morgan fingerprint density at radius 2 is 1.91 bits per heavy atom. The summed E-state index contributed by atoms with van der Waals surface area (Å²) in [5.41, 5.74) is 1.85. The average molecular weight is 479 g/mol. The summed E-state index contributed by atoms with van der Waals surface area (Å²) in [4.78, 5) is 43.9. The summed E-state index contributed by atoms with van der Waals surface area (Å²) in [6.45, 7) is 1.55. The van der Waals surface area contributed by atoms with Crippen molar-refractivity contribution in [1.82, 2.24) is 4.98 Å². The van der Waals surface area contributed by atoms with Gasteiger partial charge in [0.05, 0.1) is 15.9 Å². The Morgan fingerprint density at radius 1 is 1.12 bits per heavy atom. The van der Waals surface area contributed by atoms with Crippen molar-refractivity contribution < 1.29 is 19.1 Å². The molecule has 1 aromatic heterocycles. The van der Waals surface area contributed by atoms with Crippen LogP contribution in [0.5, 0.6) is 5.75 Å². The molecule has 1 aliphatic heterocycles. The van der Waals surface area contributed by atoms with Crippen molar-refractivity contribution >= 4 is 55.8 Å². The minimum absolute atomic E-state index is 0.0389. The van der Waals surface area contributed by atoms with Crippen LogP contribution >= 0.6 is 11.3 Å². The summed E-state index contributed by atoms with van der Waals surface area (Å²) in [5, 5.41) is 6.38. The topological polar surface area (TPSA) is 101 Å². The Balaban J connectivity index is 1.26. The van der Waals surface area contributed by atoms with E-state index in [4.69, 9.17) is 4.74 Å². The van der Waals surface area contributed by atoms with Gasteiger partial charge in [-0.3, -0.25) is 19.3 Å². The average Bonchev–Trinajstić information content (AvgIpc) is 3.24. The number of ether oxygens (including phenoxy) is 1. The minimum Gasteiger partial charge on any atom is -0.479 e. The molecule has 1 atom stereocenters. The van der Waals surface area contributed by atoms with E-state index in [0.717, 1.165) is 30.4 Å². The van der Waals surface area contributed by atoms with E-state index in [1.165, 1.54) is 22.7 Å². The SMILES string of the molecule is C[C@@H]1Oc2ccccc2N(CC(=O)Nc2ccc3sc(NC(=O)C4CCCCC4)nc3c2)C1=O. The predicted molar refractivity (Wildman–Crippen MR) is 132 cm³/mol. The summed E-state index contributed by atoms with van der Waals surface area (Å²) < 4.78 is 6.55. The number of hydrogen-bond acceptors (Lipinski definition) is 6. The van der Waals surface area contributed by atoms with Gasteiger partial charge >= 0.3 is 0 Å². The fourth-order valence-corrected chi connectivity index (χ4v) is 5.35. The number of nitrogens with zero attached hydrogens (tertiary/aromatic N) is 2. The molecule has 2 aromatic carbocycles. The largest absolute Gasteiger partial charge is 0.479 e. The first kappa shape index (κ1) is 22.3. The number of rotatable bonds is 5. The van der Waals surface area contributed by atoms with Crippen LogP contribution < -0.4 is 20.3 Å². The lowest BCUT2D eigenvalue weighted by Crippen LogP contribution is -2.47. The van der Waals surface area contributed by atoms with Gasteiger partial charge in [-0.15, -0.1) is 0 Å². The molecule has 2 N–H and O–H groups in total. The lowest BCUT2D eigenvalue weighted by Gasteiger charge is -2.32. The second-order valence-corrected chi connectivity index (χ2v) is 9.76. The number of nitrogens with one attached hydrogen (secondary N) is 2. The number of hydrogen-bond donors (Lipinski definition) is 2. The highest BCUT2D eigenvalue weighted by Gasteiger charge is 2.32. The van der Waals surface area contributed by atoms with Crippen LogP contribution in [0.2, 0.25) is 0 Å². The molecule has 5 rings (SSSR count). The molecule has 3 aromatic rings. The highest BCUT2D eigenvalue weighted by molar-refractivity contribution is 7.22. The second-order valence-electron chi connectivity index (χ2n) is 8.73. The molecular formula is C25H26N4O4S. The van der Waals surface area contributed by atoms with E-state index in [1.807, 2.05) is 12.1 Å². The van der Waals surface area contributed by atoms with E-state index >= 15 is 0 Å². The van der Waals surface area contributed by atoms with Gasteiger partial charge in [0, 0.05) is 11.6 Å². The van der Waals surface area contributed by atoms with Crippen molar-refractivity contribution in [2.75, 3.05) is 22.1 Å². The Bertz CT molecular complexity index is 1250. The molecule has 9 heteroatoms. The lowest BCUT2D eigenvalue weighted by molar-refractivity contribution is -0.127. The van der Waals surface area contributed by atoms with E-state index in [0.29, 0.717) is 27.8 Å². The fourth-order valence-electron chi connectivity index (χ4n) is 4.50. The van der Waals surface area contributed by atoms with Gasteiger partial charge < -0.3 is 15.4 Å². The maximum atomic E-state index is 12.8. The zero-order chi connectivity index (χ0) is 23.7. The molecule has 0 bridgehead atoms. The lowest BCUT2D eigenvalue weighted by atomic mass is 9.89. The van der Waals surface area contributed by atoms with Crippen molar-refractivity contribution in [2.24, 2.45) is 5.92 Å². The Morgan fingerprint density at radius 3 is 2.74 bits per heavy atom. The first-order valence-corrected chi connectivity index (χ1v) is 12.4. The van der Waals surface area contributed by atoms with Crippen LogP contribution in [-0.2, 0) is 14.4 Å². The van der Waals surface area contributed by atoms with Gasteiger partial charge in [-0.2, -0.15) is 0 Å². The van der Waals surface area contributed by atoms with Gasteiger partial charge in [-0.25, -0.2) is 4.98 Å². The maximum Gasteiger partial charge on any atom is 0.268 e. The molecule has 1 aliphatic carbocycles. The van der Waals surface area contributed by atoms with E-state index < -0.39 is 6.10 Å². The van der Waals surface area contributed by atoms with Gasteiger partial charge in [-0.05, 0) is 50.1 Å². The van der Waals surface area contributed by atoms with E-state index in [9.17, 15) is 14.4 Å². The first-order valence-electron chi connectivity index (χ1n) is 11.6. The van der Waals surface area contributed by atoms with Crippen molar-refractivity contribution in [1.29, 1.82) is 0 Å². The van der Waals surface area contributed by atoms with Gasteiger partial charge in [0.2, 0.25) is 11.8 Å². The third kappa shape index (κ3) is 4.61. The number of benzene rings is 2. The molecule has 176 valence electrons. The molecule has 2 aliphatic rings. The van der Waals surface area contributed by atoms with Crippen LogP contribution in [-0.4, -0.2) is 35.4 Å². The smallest absolute Gasteiger partial charge is 0.268 e. The quantitative estimate of drug-likeness (QED) is 0.560. The Kier molecular flexibility index (Phi) is 6.19. The van der Waals surface area contributed by atoms with Crippen molar-refractivity contribution in [3.63, 3.8) is 0 Å². The summed E-state index contributed by atoms with van der Waals surface area (Å²) in [7, 11) is 0. The van der Waals surface area contributed by atoms with Gasteiger partial charge in [0.1, 0.15) is 12.3 Å². The first-order chi connectivity index (χ1) is 16.5. The van der Waals surface area contributed by atoms with Crippen LogP contribution in [0, 0.1) is 5.92 Å². The third-order valence-corrected chi connectivity index (χ3v) is 7.20. The fraction of sp³-hybridized carbons (Fsp3) is 0.360. The molecule has 2 heterocycles. The van der Waals surface area contributed by atoms with Crippen LogP contribution in [0.25, 0.3) is 10.2 Å². The molecular weight excluding hydrogens is 452 g/mol. The van der Waals surface area contributed by atoms with Crippen LogP contribution in [0.4, 0.5) is 16.5 Å². The molecule has 1 fully saturated rings. The Labute approximate surface area is 201 Å². The number of carbonyl (C=O) groups is 3. The molecule has 0 saturated heterocycles. The van der Waals surface area contributed by atoms with E-state index in [1.54, 1.807) is 37.3 Å². The van der Waals surface area contributed by atoms with Crippen LogP contribution in [0.3, 0.4) is 0 Å². The highest BCUT2D eigenvalue weighted by Crippen LogP contribution is 2.34. The predicted octanol–water partition coefficient (Wildman–Crippen LogP) is 4.57. The second kappa shape index (κ2) is 9.42. The van der Waals surface area contributed by atoms with Crippen molar-refractivity contribution in [3.05, 3.63) is 42.5 Å². The zero-order valence-electron chi connectivity index (χ0n) is 18.9. The number of thiazole rings is 1. The number of anilines is 3. The standard InChI is InChI=1S/C25H26N4O4S/c1-15-24(32)29(19-9-5-6-10-20(19)33-15)14-22(30)26-17-11-12-21-18(13-17)27-25(34-21)28-23(31)16-7-3-2-4-8-16/h5-6,9-13,15-16H,2-4,7-8,14H2,1H3,(H,26,30)(H,27,28,31)/t15-/m0/s1. The van der Waals surface area contributed by atoms with Crippen LogP contribution in [0.15, 0.2) is 42.5 Å². The molecule has 0 radical (unpaired) electrons. The van der Waals surface area contributed by atoms with Gasteiger partial charge in [-0.1, -0.05) is 42.7 Å². The highest BCUT2D eigenvalue weighted by atomic mass is 32.1. The van der Waals surface area contributed by atoms with Crippen LogP contribution in [0.1, 0.15) is 39.0 Å². The number of amides is 3. The van der Waals surface area contributed by atoms with Gasteiger partial charge in [0.15, 0.2) is 11.2 Å². The third-order valence-electron chi connectivity index (χ3n) is 6.25. The molecule has 8 nitrogen and oxygen atoms in total. The van der Waals surface area contributed by atoms with E-state index in [-0.39, 0.29) is 30.2 Å². The van der Waals surface area contributed by atoms with Crippen molar-refractivity contribution in [2.45, 2.75) is 45.1 Å². The molecule has 0 spiro atoms. The number of aromatic nitrogens is 1. The Hall–Kier alpha value is -3.46. The zero-order valence-corrected chi connectivity index (χ0v) is 19.7. The summed E-state index contributed by atoms with van der Waals surface area (Å²) in [5.74, 6) is 0.0947. The number of fused-ring (bicyclic) bond motifs is 2. The minimum atomic E-state index is -0.656.